The number of thiazole rings is 1. The second-order valence-corrected chi connectivity index (χ2v) is 6.50. The molecule has 0 bridgehead atoms. The van der Waals surface area contributed by atoms with Gasteiger partial charge in [0, 0.05) is 23.6 Å². The highest BCUT2D eigenvalue weighted by Gasteiger charge is 2.16. The monoisotopic (exact) mass is 384 g/mol. The normalized spacial score (nSPS) is 11.3. The Morgan fingerprint density at radius 2 is 1.63 bits per heavy atom. The van der Waals surface area contributed by atoms with Crippen molar-refractivity contribution in [2.75, 3.05) is 21.3 Å². The molecule has 0 aliphatic carbocycles. The molecule has 1 amide bonds. The lowest BCUT2D eigenvalue weighted by Crippen LogP contribution is -2.14. The Morgan fingerprint density at radius 3 is 2.19 bits per heavy atom. The number of methoxy groups -OCH3 is 3. The van der Waals surface area contributed by atoms with E-state index in [9.17, 15) is 4.79 Å². The average molecular weight is 384 g/mol. The summed E-state index contributed by atoms with van der Waals surface area (Å²) >= 11 is 1.39. The fraction of sp³-hybridized carbons (Fsp3) is 0.200. The van der Waals surface area contributed by atoms with E-state index in [1.807, 2.05) is 47.3 Å². The summed E-state index contributed by atoms with van der Waals surface area (Å²) < 4.78 is 18.1. The van der Waals surface area contributed by atoms with Crippen molar-refractivity contribution in [1.82, 2.24) is 4.57 Å². The van der Waals surface area contributed by atoms with Crippen molar-refractivity contribution in [3.63, 3.8) is 0 Å². The summed E-state index contributed by atoms with van der Waals surface area (Å²) in [4.78, 5) is 17.2. The number of aromatic nitrogens is 1. The van der Waals surface area contributed by atoms with Gasteiger partial charge in [-0.15, -0.1) is 11.3 Å². The van der Waals surface area contributed by atoms with Gasteiger partial charge in [0.15, 0.2) is 16.3 Å². The van der Waals surface area contributed by atoms with Crippen molar-refractivity contribution in [1.29, 1.82) is 0 Å². The predicted octanol–water partition coefficient (Wildman–Crippen LogP) is 3.52. The van der Waals surface area contributed by atoms with Crippen LogP contribution in [0.1, 0.15) is 10.4 Å². The molecule has 140 valence electrons. The maximum absolute atomic E-state index is 12.4. The van der Waals surface area contributed by atoms with Gasteiger partial charge in [-0.1, -0.05) is 18.2 Å². The Kier molecular flexibility index (Phi) is 5.61. The smallest absolute Gasteiger partial charge is 0.279 e. The van der Waals surface area contributed by atoms with Gasteiger partial charge in [-0.3, -0.25) is 4.79 Å². The van der Waals surface area contributed by atoms with Crippen molar-refractivity contribution >= 4 is 17.2 Å². The summed E-state index contributed by atoms with van der Waals surface area (Å²) in [6.07, 6.45) is 0. The molecule has 1 aromatic heterocycles. The van der Waals surface area contributed by atoms with Gasteiger partial charge in [0.25, 0.3) is 5.91 Å². The van der Waals surface area contributed by atoms with Crippen LogP contribution in [0, 0.1) is 0 Å². The molecule has 0 radical (unpaired) electrons. The number of hydrogen-bond donors (Lipinski definition) is 0. The third-order valence-electron chi connectivity index (χ3n) is 4.10. The van der Waals surface area contributed by atoms with Crippen LogP contribution in [0.5, 0.6) is 17.2 Å². The van der Waals surface area contributed by atoms with Gasteiger partial charge in [0.2, 0.25) is 5.75 Å². The highest BCUT2D eigenvalue weighted by Crippen LogP contribution is 2.41. The molecule has 0 atom stereocenters. The molecule has 3 aromatic rings. The fourth-order valence-corrected chi connectivity index (χ4v) is 3.60. The molecule has 6 nitrogen and oxygen atoms in total. The topological polar surface area (TPSA) is 62.0 Å². The third kappa shape index (κ3) is 3.73. The van der Waals surface area contributed by atoms with Gasteiger partial charge in [-0.25, -0.2) is 0 Å². The minimum absolute atomic E-state index is 0.274. The third-order valence-corrected chi connectivity index (χ3v) is 5.02. The first kappa shape index (κ1) is 18.7. The predicted molar refractivity (Wildman–Crippen MR) is 105 cm³/mol. The molecule has 7 heteroatoms. The Labute approximate surface area is 161 Å². The molecule has 27 heavy (non-hydrogen) atoms. The van der Waals surface area contributed by atoms with E-state index in [2.05, 4.69) is 4.99 Å². The zero-order chi connectivity index (χ0) is 19.4. The summed E-state index contributed by atoms with van der Waals surface area (Å²) in [5, 5.41) is 1.94. The molecule has 0 fully saturated rings. The first-order chi connectivity index (χ1) is 13.1. The van der Waals surface area contributed by atoms with E-state index in [-0.39, 0.29) is 5.91 Å². The molecule has 0 unspecified atom stereocenters. The van der Waals surface area contributed by atoms with Gasteiger partial charge in [0.1, 0.15) is 0 Å². The average Bonchev–Trinajstić information content (AvgIpc) is 3.07. The van der Waals surface area contributed by atoms with E-state index >= 15 is 0 Å². The highest BCUT2D eigenvalue weighted by molar-refractivity contribution is 7.07. The number of amides is 1. The summed E-state index contributed by atoms with van der Waals surface area (Å²) in [5.41, 5.74) is 2.32. The lowest BCUT2D eigenvalue weighted by Gasteiger charge is -2.14. The van der Waals surface area contributed by atoms with Crippen molar-refractivity contribution in [2.45, 2.75) is 0 Å². The fourth-order valence-electron chi connectivity index (χ4n) is 2.69. The van der Waals surface area contributed by atoms with Gasteiger partial charge >= 0.3 is 0 Å². The maximum atomic E-state index is 12.4. The first-order valence-electron chi connectivity index (χ1n) is 8.18. The first-order valence-corrected chi connectivity index (χ1v) is 9.06. The van der Waals surface area contributed by atoms with Crippen LogP contribution < -0.4 is 19.0 Å². The number of carbonyl (C=O) groups excluding carboxylic acids is 1. The van der Waals surface area contributed by atoms with Crippen molar-refractivity contribution < 1.29 is 19.0 Å². The SMILES string of the molecule is COc1cc(-c2cs/c(=N\C(=O)c3ccccc3)n2C)cc(OC)c1OC. The quantitative estimate of drug-likeness (QED) is 0.675. The molecule has 1 heterocycles. The summed E-state index contributed by atoms with van der Waals surface area (Å²) in [5.74, 6) is 1.39. The van der Waals surface area contributed by atoms with Gasteiger partial charge in [-0.05, 0) is 24.3 Å². The number of hydrogen-bond acceptors (Lipinski definition) is 5. The molecule has 3 rings (SSSR count). The van der Waals surface area contributed by atoms with Crippen LogP contribution in [0.3, 0.4) is 0 Å². The molecule has 0 saturated carbocycles. The van der Waals surface area contributed by atoms with Crippen molar-refractivity contribution in [3.8, 4) is 28.5 Å². The second kappa shape index (κ2) is 8.09. The molecule has 0 saturated heterocycles. The Hall–Kier alpha value is -3.06. The molecular formula is C20H20N2O4S. The molecule has 0 aliphatic rings. The largest absolute Gasteiger partial charge is 0.493 e. The maximum Gasteiger partial charge on any atom is 0.279 e. The van der Waals surface area contributed by atoms with Crippen LogP contribution in [0.25, 0.3) is 11.3 Å². The van der Waals surface area contributed by atoms with E-state index in [0.29, 0.717) is 27.6 Å². The van der Waals surface area contributed by atoms with Crippen LogP contribution in [-0.4, -0.2) is 31.8 Å². The molecule has 0 aliphatic heterocycles. The standard InChI is InChI=1S/C20H20N2O4S/c1-22-15(14-10-16(24-2)18(26-4)17(11-14)25-3)12-27-20(22)21-19(23)13-8-6-5-7-9-13/h5-12H,1-4H3/b21-20-. The van der Waals surface area contributed by atoms with Crippen molar-refractivity contribution in [3.05, 3.63) is 58.2 Å². The zero-order valence-corrected chi connectivity index (χ0v) is 16.4. The summed E-state index contributed by atoms with van der Waals surface area (Å²) in [7, 11) is 6.59. The Bertz CT molecular complexity index is 997. The van der Waals surface area contributed by atoms with E-state index in [0.717, 1.165) is 11.3 Å². The molecule has 0 spiro atoms. The number of ether oxygens (including phenoxy) is 3. The lowest BCUT2D eigenvalue weighted by molar-refractivity contribution is 0.0998. The minimum atomic E-state index is -0.274. The van der Waals surface area contributed by atoms with Gasteiger partial charge in [0.05, 0.1) is 27.0 Å². The lowest BCUT2D eigenvalue weighted by atomic mass is 10.1. The van der Waals surface area contributed by atoms with E-state index in [1.165, 1.54) is 11.3 Å². The molecule has 0 N–H and O–H groups in total. The zero-order valence-electron chi connectivity index (χ0n) is 15.6. The van der Waals surface area contributed by atoms with Crippen LogP contribution in [-0.2, 0) is 7.05 Å². The Morgan fingerprint density at radius 1 is 1.00 bits per heavy atom. The number of rotatable bonds is 5. The number of carbonyl (C=O) groups is 1. The van der Waals surface area contributed by atoms with E-state index < -0.39 is 0 Å². The number of benzene rings is 2. The summed E-state index contributed by atoms with van der Waals surface area (Å²) in [6, 6.07) is 12.7. The van der Waals surface area contributed by atoms with E-state index in [4.69, 9.17) is 14.2 Å². The van der Waals surface area contributed by atoms with Crippen LogP contribution >= 0.6 is 11.3 Å². The van der Waals surface area contributed by atoms with Gasteiger partial charge < -0.3 is 18.8 Å². The van der Waals surface area contributed by atoms with E-state index in [1.54, 1.807) is 33.5 Å². The van der Waals surface area contributed by atoms with Crippen LogP contribution in [0.15, 0.2) is 52.8 Å². The second-order valence-electron chi connectivity index (χ2n) is 5.66. The number of nitrogens with zero attached hydrogens (tertiary/aromatic N) is 2. The minimum Gasteiger partial charge on any atom is -0.493 e. The van der Waals surface area contributed by atoms with Gasteiger partial charge in [-0.2, -0.15) is 4.99 Å². The van der Waals surface area contributed by atoms with Crippen LogP contribution in [0.4, 0.5) is 0 Å². The summed E-state index contributed by atoms with van der Waals surface area (Å²) in [6.45, 7) is 0. The molecular weight excluding hydrogens is 364 g/mol. The molecule has 2 aromatic carbocycles. The highest BCUT2D eigenvalue weighted by atomic mass is 32.1. The van der Waals surface area contributed by atoms with Crippen LogP contribution in [0.2, 0.25) is 0 Å². The van der Waals surface area contributed by atoms with Crippen molar-refractivity contribution in [2.24, 2.45) is 12.0 Å². The Balaban J connectivity index is 2.05.